The SMILES string of the molecule is CCCCCCN1C(=O)/C(=C/c2cn(-c3ccccc3)nc2-c2ccc(S(=O)(=O)N3CCOCC3)cc2)SC1=S. The first-order valence-corrected chi connectivity index (χ1v) is 16.1. The Morgan fingerprint density at radius 1 is 1.02 bits per heavy atom. The van der Waals surface area contributed by atoms with Crippen LogP contribution in [0.4, 0.5) is 0 Å². The number of amides is 1. The molecule has 0 saturated carbocycles. The summed E-state index contributed by atoms with van der Waals surface area (Å²) in [7, 11) is -3.61. The third-order valence-electron chi connectivity index (χ3n) is 6.89. The number of aromatic nitrogens is 2. The van der Waals surface area contributed by atoms with Gasteiger partial charge in [-0.2, -0.15) is 9.40 Å². The number of benzene rings is 2. The fraction of sp³-hybridized carbons (Fsp3) is 0.345. The lowest BCUT2D eigenvalue weighted by molar-refractivity contribution is -0.122. The zero-order valence-corrected chi connectivity index (χ0v) is 24.8. The molecule has 2 aliphatic heterocycles. The Balaban J connectivity index is 1.46. The molecule has 3 aromatic rings. The highest BCUT2D eigenvalue weighted by Crippen LogP contribution is 2.35. The predicted molar refractivity (Wildman–Crippen MR) is 163 cm³/mol. The maximum atomic E-state index is 13.3. The largest absolute Gasteiger partial charge is 0.379 e. The molecule has 0 aliphatic carbocycles. The van der Waals surface area contributed by atoms with Crippen LogP contribution < -0.4 is 0 Å². The van der Waals surface area contributed by atoms with Crippen LogP contribution in [-0.2, 0) is 19.6 Å². The molecule has 8 nitrogen and oxygen atoms in total. The van der Waals surface area contributed by atoms with Crippen molar-refractivity contribution in [2.45, 2.75) is 37.5 Å². The second-order valence-electron chi connectivity index (χ2n) is 9.65. The van der Waals surface area contributed by atoms with Gasteiger partial charge in [0.25, 0.3) is 5.91 Å². The highest BCUT2D eigenvalue weighted by Gasteiger charge is 2.32. The Kier molecular flexibility index (Phi) is 9.17. The van der Waals surface area contributed by atoms with Crippen molar-refractivity contribution in [3.05, 3.63) is 71.3 Å². The molecule has 2 aliphatic rings. The van der Waals surface area contributed by atoms with Crippen LogP contribution in [-0.4, -0.2) is 70.5 Å². The summed E-state index contributed by atoms with van der Waals surface area (Å²) in [6, 6.07) is 16.5. The van der Waals surface area contributed by atoms with Gasteiger partial charge in [-0.3, -0.25) is 9.69 Å². The maximum absolute atomic E-state index is 13.3. The van der Waals surface area contributed by atoms with Crippen LogP contribution in [0.25, 0.3) is 23.0 Å². The van der Waals surface area contributed by atoms with Crippen molar-refractivity contribution in [2.75, 3.05) is 32.8 Å². The van der Waals surface area contributed by atoms with E-state index in [0.717, 1.165) is 42.5 Å². The lowest BCUT2D eigenvalue weighted by Gasteiger charge is -2.26. The highest BCUT2D eigenvalue weighted by molar-refractivity contribution is 8.26. The lowest BCUT2D eigenvalue weighted by atomic mass is 10.1. The second-order valence-corrected chi connectivity index (χ2v) is 13.3. The minimum atomic E-state index is -3.61. The molecule has 2 fully saturated rings. The third-order valence-corrected chi connectivity index (χ3v) is 10.2. The van der Waals surface area contributed by atoms with E-state index in [0.29, 0.717) is 47.8 Å². The summed E-state index contributed by atoms with van der Waals surface area (Å²) in [6.07, 6.45) is 7.98. The number of carbonyl (C=O) groups excluding carboxylic acids is 1. The first-order valence-electron chi connectivity index (χ1n) is 13.5. The molecular weight excluding hydrogens is 565 g/mol. The Bertz CT molecular complexity index is 1500. The summed E-state index contributed by atoms with van der Waals surface area (Å²) in [6.45, 7) is 4.24. The lowest BCUT2D eigenvalue weighted by Crippen LogP contribution is -2.40. The standard InChI is InChI=1S/C29H32N4O4S3/c1-2-3-4-8-15-32-28(34)26(39-29(32)38)20-23-21-33(24-9-6-5-7-10-24)30-27(23)22-11-13-25(14-12-22)40(35,36)31-16-18-37-19-17-31/h5-7,9-14,20-21H,2-4,8,15-19H2,1H3/b26-20-. The summed E-state index contributed by atoms with van der Waals surface area (Å²) in [5.74, 6) is -0.0862. The van der Waals surface area contributed by atoms with Crippen LogP contribution in [0.3, 0.4) is 0 Å². The van der Waals surface area contributed by atoms with E-state index >= 15 is 0 Å². The highest BCUT2D eigenvalue weighted by atomic mass is 32.2. The normalized spacial score (nSPS) is 17.7. The van der Waals surface area contributed by atoms with Gasteiger partial charge in [0.1, 0.15) is 4.32 Å². The van der Waals surface area contributed by atoms with E-state index in [1.54, 1.807) is 33.8 Å². The van der Waals surface area contributed by atoms with Gasteiger partial charge in [0.2, 0.25) is 10.0 Å². The molecule has 0 N–H and O–H groups in total. The van der Waals surface area contributed by atoms with Gasteiger partial charge in [0.05, 0.1) is 34.4 Å². The topological polar surface area (TPSA) is 84.7 Å². The van der Waals surface area contributed by atoms with Crippen molar-refractivity contribution in [1.82, 2.24) is 19.0 Å². The van der Waals surface area contributed by atoms with E-state index in [-0.39, 0.29) is 10.8 Å². The molecule has 0 spiro atoms. The van der Waals surface area contributed by atoms with Crippen LogP contribution in [0.15, 0.2) is 70.6 Å². The van der Waals surface area contributed by atoms with Gasteiger partial charge in [0, 0.05) is 37.0 Å². The molecule has 0 unspecified atom stereocenters. The zero-order valence-electron chi connectivity index (χ0n) is 22.4. The number of ether oxygens (including phenoxy) is 1. The summed E-state index contributed by atoms with van der Waals surface area (Å²) in [4.78, 5) is 15.7. The van der Waals surface area contributed by atoms with Gasteiger partial charge in [-0.1, -0.05) is 80.5 Å². The van der Waals surface area contributed by atoms with E-state index in [9.17, 15) is 13.2 Å². The van der Waals surface area contributed by atoms with Crippen LogP contribution in [0.1, 0.15) is 38.2 Å². The van der Waals surface area contributed by atoms with Crippen molar-refractivity contribution < 1.29 is 17.9 Å². The maximum Gasteiger partial charge on any atom is 0.266 e. The first-order chi connectivity index (χ1) is 19.4. The van der Waals surface area contributed by atoms with Gasteiger partial charge >= 0.3 is 0 Å². The van der Waals surface area contributed by atoms with Crippen molar-refractivity contribution >= 4 is 50.3 Å². The number of unbranched alkanes of at least 4 members (excludes halogenated alkanes) is 3. The van der Waals surface area contributed by atoms with Crippen molar-refractivity contribution in [1.29, 1.82) is 0 Å². The van der Waals surface area contributed by atoms with Gasteiger partial charge in [-0.15, -0.1) is 0 Å². The number of nitrogens with zero attached hydrogens (tertiary/aromatic N) is 4. The van der Waals surface area contributed by atoms with Crippen LogP contribution >= 0.6 is 24.0 Å². The summed E-state index contributed by atoms with van der Waals surface area (Å²) in [5, 5.41) is 4.84. The number of sulfonamides is 1. The molecule has 0 atom stereocenters. The quantitative estimate of drug-likeness (QED) is 0.177. The fourth-order valence-corrected chi connectivity index (χ4v) is 7.39. The molecule has 2 aromatic carbocycles. The van der Waals surface area contributed by atoms with E-state index < -0.39 is 10.0 Å². The Morgan fingerprint density at radius 2 is 1.75 bits per heavy atom. The average molecular weight is 597 g/mol. The number of rotatable bonds is 10. The second kappa shape index (κ2) is 12.8. The Hall–Kier alpha value is -2.83. The average Bonchev–Trinajstić information content (AvgIpc) is 3.52. The minimum absolute atomic E-state index is 0.0862. The van der Waals surface area contributed by atoms with Crippen LogP contribution in [0, 0.1) is 0 Å². The molecule has 5 rings (SSSR count). The van der Waals surface area contributed by atoms with E-state index in [1.807, 2.05) is 42.6 Å². The number of carbonyl (C=O) groups is 1. The molecule has 0 radical (unpaired) electrons. The monoisotopic (exact) mass is 596 g/mol. The van der Waals surface area contributed by atoms with E-state index in [4.69, 9.17) is 22.1 Å². The minimum Gasteiger partial charge on any atom is -0.379 e. The molecule has 40 heavy (non-hydrogen) atoms. The number of para-hydroxylation sites is 1. The number of hydrogen-bond acceptors (Lipinski definition) is 7. The molecule has 1 aromatic heterocycles. The Morgan fingerprint density at radius 3 is 2.45 bits per heavy atom. The summed E-state index contributed by atoms with van der Waals surface area (Å²) >= 11 is 6.85. The van der Waals surface area contributed by atoms with Gasteiger partial charge in [-0.25, -0.2) is 13.1 Å². The third kappa shape index (κ3) is 6.23. The van der Waals surface area contributed by atoms with Gasteiger partial charge < -0.3 is 4.74 Å². The smallest absolute Gasteiger partial charge is 0.266 e. The van der Waals surface area contributed by atoms with Crippen LogP contribution in [0.5, 0.6) is 0 Å². The van der Waals surface area contributed by atoms with Gasteiger partial charge in [-0.05, 0) is 36.8 Å². The molecule has 3 heterocycles. The number of thiocarbonyl (C=S) groups is 1. The summed E-state index contributed by atoms with van der Waals surface area (Å²) in [5.41, 5.74) is 3.02. The molecule has 1 amide bonds. The number of morpholine rings is 1. The summed E-state index contributed by atoms with van der Waals surface area (Å²) < 4.78 is 35.3. The predicted octanol–water partition coefficient (Wildman–Crippen LogP) is 5.34. The number of hydrogen-bond donors (Lipinski definition) is 0. The van der Waals surface area contributed by atoms with E-state index in [2.05, 4.69) is 6.92 Å². The fourth-order valence-electron chi connectivity index (χ4n) is 4.68. The molecule has 11 heteroatoms. The first kappa shape index (κ1) is 28.7. The number of thioether (sulfide) groups is 1. The van der Waals surface area contributed by atoms with Gasteiger partial charge in [0.15, 0.2) is 0 Å². The van der Waals surface area contributed by atoms with Crippen LogP contribution in [0.2, 0.25) is 0 Å². The molecule has 2 saturated heterocycles. The Labute approximate surface area is 245 Å². The molecule has 210 valence electrons. The van der Waals surface area contributed by atoms with E-state index in [1.165, 1.54) is 16.1 Å². The van der Waals surface area contributed by atoms with Crippen molar-refractivity contribution in [2.24, 2.45) is 0 Å². The molecular formula is C29H32N4O4S3. The molecule has 0 bridgehead atoms. The van der Waals surface area contributed by atoms with Crippen molar-refractivity contribution in [3.8, 4) is 16.9 Å². The van der Waals surface area contributed by atoms with Crippen molar-refractivity contribution in [3.63, 3.8) is 0 Å². The zero-order chi connectivity index (χ0) is 28.1.